The highest BCUT2D eigenvalue weighted by Gasteiger charge is 2.22. The molecule has 0 atom stereocenters. The third kappa shape index (κ3) is 4.98. The van der Waals surface area contributed by atoms with Gasteiger partial charge in [-0.05, 0) is 31.5 Å². The van der Waals surface area contributed by atoms with Crippen LogP contribution in [0.1, 0.15) is 25.0 Å². The summed E-state index contributed by atoms with van der Waals surface area (Å²) in [5.74, 6) is -0.0979. The largest absolute Gasteiger partial charge is 0.325 e. The summed E-state index contributed by atoms with van der Waals surface area (Å²) < 4.78 is 23.7. The fourth-order valence-electron chi connectivity index (χ4n) is 1.55. The summed E-state index contributed by atoms with van der Waals surface area (Å²) in [6.07, 6.45) is 0. The van der Waals surface area contributed by atoms with E-state index in [0.717, 1.165) is 0 Å². The average Bonchev–Trinajstić information content (AvgIpc) is 2.14. The molecule has 1 aromatic carbocycles. The van der Waals surface area contributed by atoms with Crippen LogP contribution in [0.5, 0.6) is 0 Å². The van der Waals surface area contributed by atoms with Crippen LogP contribution in [0, 0.1) is 11.3 Å². The van der Waals surface area contributed by atoms with Crippen molar-refractivity contribution in [3.8, 4) is 6.07 Å². The maximum Gasteiger partial charge on any atom is 0.156 e. The Morgan fingerprint density at radius 1 is 1.29 bits per heavy atom. The molecule has 0 unspecified atom stereocenters. The molecule has 0 aromatic heterocycles. The molecule has 1 rings (SSSR count). The Morgan fingerprint density at radius 2 is 1.82 bits per heavy atom. The zero-order chi connectivity index (χ0) is 13.1. The Morgan fingerprint density at radius 3 is 2.24 bits per heavy atom. The van der Waals surface area contributed by atoms with E-state index in [0.29, 0.717) is 11.1 Å². The maximum absolute atomic E-state index is 11.8. The zero-order valence-electron chi connectivity index (χ0n) is 9.97. The molecule has 0 saturated carbocycles. The summed E-state index contributed by atoms with van der Waals surface area (Å²) in [5, 5.41) is 8.63. The molecule has 0 spiro atoms. The number of sulfone groups is 1. The summed E-state index contributed by atoms with van der Waals surface area (Å²) in [4.78, 5) is 0. The van der Waals surface area contributed by atoms with E-state index in [1.807, 2.05) is 6.07 Å². The minimum atomic E-state index is -3.22. The van der Waals surface area contributed by atoms with Gasteiger partial charge in [-0.3, -0.25) is 0 Å². The van der Waals surface area contributed by atoms with Crippen molar-refractivity contribution in [2.24, 2.45) is 5.73 Å². The van der Waals surface area contributed by atoms with Crippen molar-refractivity contribution in [2.45, 2.75) is 25.1 Å². The lowest BCUT2D eigenvalue weighted by molar-refractivity contribution is 0.544. The van der Waals surface area contributed by atoms with Gasteiger partial charge in [0.1, 0.15) is 0 Å². The first-order valence-electron chi connectivity index (χ1n) is 5.20. The van der Waals surface area contributed by atoms with Crippen molar-refractivity contribution in [1.29, 1.82) is 5.26 Å². The molecule has 0 aliphatic rings. The summed E-state index contributed by atoms with van der Waals surface area (Å²) in [7, 11) is -3.22. The van der Waals surface area contributed by atoms with Crippen LogP contribution in [0.3, 0.4) is 0 Å². The van der Waals surface area contributed by atoms with Crippen LogP contribution in [-0.2, 0) is 15.6 Å². The van der Waals surface area contributed by atoms with Crippen LogP contribution in [0.15, 0.2) is 24.3 Å². The molecular formula is C12H16N2O2S. The van der Waals surface area contributed by atoms with Gasteiger partial charge >= 0.3 is 0 Å². The molecule has 0 aliphatic heterocycles. The van der Waals surface area contributed by atoms with Crippen molar-refractivity contribution in [1.82, 2.24) is 0 Å². The summed E-state index contributed by atoms with van der Waals surface area (Å²) >= 11 is 0. The number of hydrogen-bond donors (Lipinski definition) is 1. The molecule has 2 N–H and O–H groups in total. The van der Waals surface area contributed by atoms with E-state index < -0.39 is 15.4 Å². The Labute approximate surface area is 102 Å². The molecular weight excluding hydrogens is 236 g/mol. The quantitative estimate of drug-likeness (QED) is 0.873. The summed E-state index contributed by atoms with van der Waals surface area (Å²) in [6, 6.07) is 8.51. The number of nitriles is 1. The standard InChI is InChI=1S/C12H16N2O2S/c1-12(2,14)9-17(15,16)8-11-5-3-10(7-13)4-6-11/h3-6H,8-9,14H2,1-2H3. The second-order valence-electron chi connectivity index (χ2n) is 4.83. The number of nitrogens with two attached hydrogens (primary N) is 1. The van der Waals surface area contributed by atoms with Gasteiger partial charge in [-0.2, -0.15) is 5.26 Å². The second-order valence-corrected chi connectivity index (χ2v) is 6.89. The third-order valence-corrected chi connectivity index (χ3v) is 4.02. The van der Waals surface area contributed by atoms with Crippen LogP contribution >= 0.6 is 0 Å². The normalized spacial score (nSPS) is 12.1. The van der Waals surface area contributed by atoms with Crippen LogP contribution < -0.4 is 5.73 Å². The SMILES string of the molecule is CC(C)(N)CS(=O)(=O)Cc1ccc(C#N)cc1. The summed E-state index contributed by atoms with van der Waals surface area (Å²) in [5.41, 5.74) is 6.16. The number of nitrogens with zero attached hydrogens (tertiary/aromatic N) is 1. The first-order valence-corrected chi connectivity index (χ1v) is 7.02. The average molecular weight is 252 g/mol. The molecule has 0 radical (unpaired) electrons. The van der Waals surface area contributed by atoms with E-state index in [9.17, 15) is 8.42 Å². The third-order valence-electron chi connectivity index (χ3n) is 2.06. The van der Waals surface area contributed by atoms with E-state index in [1.54, 1.807) is 38.1 Å². The van der Waals surface area contributed by atoms with E-state index >= 15 is 0 Å². The topological polar surface area (TPSA) is 84.0 Å². The zero-order valence-corrected chi connectivity index (χ0v) is 10.8. The van der Waals surface area contributed by atoms with Crippen molar-refractivity contribution in [2.75, 3.05) is 5.75 Å². The predicted molar refractivity (Wildman–Crippen MR) is 66.9 cm³/mol. The van der Waals surface area contributed by atoms with Crippen molar-refractivity contribution in [3.05, 3.63) is 35.4 Å². The molecule has 0 saturated heterocycles. The van der Waals surface area contributed by atoms with Crippen LogP contribution in [0.2, 0.25) is 0 Å². The Balaban J connectivity index is 2.81. The molecule has 92 valence electrons. The van der Waals surface area contributed by atoms with Gasteiger partial charge < -0.3 is 5.73 Å². The maximum atomic E-state index is 11.8. The van der Waals surface area contributed by atoms with Gasteiger partial charge in [0, 0.05) is 5.54 Å². The smallest absolute Gasteiger partial charge is 0.156 e. The van der Waals surface area contributed by atoms with Gasteiger partial charge in [-0.25, -0.2) is 8.42 Å². The fourth-order valence-corrected chi connectivity index (χ4v) is 3.48. The van der Waals surface area contributed by atoms with Crippen molar-refractivity contribution in [3.63, 3.8) is 0 Å². The molecule has 17 heavy (non-hydrogen) atoms. The van der Waals surface area contributed by atoms with E-state index in [-0.39, 0.29) is 11.5 Å². The molecule has 0 fully saturated rings. The molecule has 1 aromatic rings. The minimum Gasteiger partial charge on any atom is -0.325 e. The first-order chi connectivity index (χ1) is 7.72. The van der Waals surface area contributed by atoms with Gasteiger partial charge in [0.2, 0.25) is 0 Å². The van der Waals surface area contributed by atoms with Crippen LogP contribution in [0.25, 0.3) is 0 Å². The molecule has 4 nitrogen and oxygen atoms in total. The molecule has 0 heterocycles. The number of hydrogen-bond acceptors (Lipinski definition) is 4. The van der Waals surface area contributed by atoms with Gasteiger partial charge in [-0.1, -0.05) is 12.1 Å². The lowest BCUT2D eigenvalue weighted by Crippen LogP contribution is -2.40. The monoisotopic (exact) mass is 252 g/mol. The molecule has 5 heteroatoms. The predicted octanol–water partition coefficient (Wildman–Crippen LogP) is 1.21. The lowest BCUT2D eigenvalue weighted by Gasteiger charge is -2.18. The Kier molecular flexibility index (Phi) is 3.91. The number of benzene rings is 1. The summed E-state index contributed by atoms with van der Waals surface area (Å²) in [6.45, 7) is 3.37. The highest BCUT2D eigenvalue weighted by molar-refractivity contribution is 7.90. The van der Waals surface area contributed by atoms with Crippen LogP contribution in [0.4, 0.5) is 0 Å². The Hall–Kier alpha value is -1.38. The first kappa shape index (κ1) is 13.7. The van der Waals surface area contributed by atoms with Gasteiger partial charge in [-0.15, -0.1) is 0 Å². The van der Waals surface area contributed by atoms with Gasteiger partial charge in [0.05, 0.1) is 23.1 Å². The highest BCUT2D eigenvalue weighted by Crippen LogP contribution is 2.12. The molecule has 0 bridgehead atoms. The fraction of sp³-hybridized carbons (Fsp3) is 0.417. The number of rotatable bonds is 4. The van der Waals surface area contributed by atoms with Crippen molar-refractivity contribution >= 4 is 9.84 Å². The lowest BCUT2D eigenvalue weighted by atomic mass is 10.1. The van der Waals surface area contributed by atoms with Crippen LogP contribution in [-0.4, -0.2) is 19.7 Å². The minimum absolute atomic E-state index is 0.0423. The Bertz CT molecular complexity index is 519. The highest BCUT2D eigenvalue weighted by atomic mass is 32.2. The second kappa shape index (κ2) is 4.86. The van der Waals surface area contributed by atoms with E-state index in [2.05, 4.69) is 0 Å². The van der Waals surface area contributed by atoms with Gasteiger partial charge in [0.25, 0.3) is 0 Å². The van der Waals surface area contributed by atoms with E-state index in [4.69, 9.17) is 11.0 Å². The van der Waals surface area contributed by atoms with Crippen molar-refractivity contribution < 1.29 is 8.42 Å². The van der Waals surface area contributed by atoms with E-state index in [1.165, 1.54) is 0 Å². The molecule has 0 amide bonds. The van der Waals surface area contributed by atoms with Gasteiger partial charge in [0.15, 0.2) is 9.84 Å². The molecule has 0 aliphatic carbocycles.